The van der Waals surface area contributed by atoms with Gasteiger partial charge < -0.3 is 9.84 Å². The van der Waals surface area contributed by atoms with E-state index in [1.807, 2.05) is 24.3 Å². The Kier molecular flexibility index (Phi) is 1.40. The van der Waals surface area contributed by atoms with Gasteiger partial charge in [-0.25, -0.2) is 0 Å². The van der Waals surface area contributed by atoms with Gasteiger partial charge in [-0.15, -0.1) is 0 Å². The average Bonchev–Trinajstić information content (AvgIpc) is 2.92. The Morgan fingerprint density at radius 2 is 2.21 bits per heavy atom. The maximum atomic E-state index is 10.9. The molecule has 0 saturated heterocycles. The lowest BCUT2D eigenvalue weighted by Gasteiger charge is -2.15. The van der Waals surface area contributed by atoms with Gasteiger partial charge in [-0.3, -0.25) is 4.79 Å². The van der Waals surface area contributed by atoms with Gasteiger partial charge >= 0.3 is 5.97 Å². The van der Waals surface area contributed by atoms with Crippen LogP contribution in [0.15, 0.2) is 24.3 Å². The lowest BCUT2D eigenvalue weighted by molar-refractivity contribution is -0.139. The number of carboxylic acid groups (broad SMARTS) is 1. The van der Waals surface area contributed by atoms with Crippen LogP contribution >= 0.6 is 0 Å². The first-order valence-electron chi connectivity index (χ1n) is 4.73. The third-order valence-corrected chi connectivity index (χ3v) is 3.16. The van der Waals surface area contributed by atoms with Gasteiger partial charge in [0.2, 0.25) is 0 Å². The van der Waals surface area contributed by atoms with E-state index in [1.165, 1.54) is 0 Å². The first-order valence-corrected chi connectivity index (χ1v) is 4.73. The summed E-state index contributed by atoms with van der Waals surface area (Å²) < 4.78 is 5.49. The van der Waals surface area contributed by atoms with Crippen molar-refractivity contribution in [3.63, 3.8) is 0 Å². The molecule has 72 valence electrons. The molecule has 1 saturated carbocycles. The number of rotatable bonds is 1. The zero-order chi connectivity index (χ0) is 9.71. The molecule has 0 aromatic heterocycles. The van der Waals surface area contributed by atoms with Crippen LogP contribution in [0.1, 0.15) is 11.5 Å². The third kappa shape index (κ3) is 0.895. The molecule has 1 aliphatic carbocycles. The molecule has 1 fully saturated rings. The van der Waals surface area contributed by atoms with Gasteiger partial charge in [0.1, 0.15) is 5.75 Å². The Hall–Kier alpha value is -1.51. The number of ether oxygens (including phenoxy) is 1. The SMILES string of the molecule is O=C(O)[C@@H]1C2COc3ccccc3C21. The standard InChI is InChI=1S/C11H10O3/c12-11(13)10-7-5-14-8-4-2-1-3-6(8)9(7)10/h1-4,7,9-10H,5H2,(H,12,13)/t7?,9?,10-/m1/s1. The van der Waals surface area contributed by atoms with Gasteiger partial charge in [0, 0.05) is 11.8 Å². The van der Waals surface area contributed by atoms with Crippen molar-refractivity contribution in [3.05, 3.63) is 29.8 Å². The van der Waals surface area contributed by atoms with Crippen LogP contribution in [-0.4, -0.2) is 17.7 Å². The van der Waals surface area contributed by atoms with E-state index >= 15 is 0 Å². The fourth-order valence-corrected chi connectivity index (χ4v) is 2.42. The van der Waals surface area contributed by atoms with Crippen molar-refractivity contribution in [1.29, 1.82) is 0 Å². The average molecular weight is 190 g/mol. The summed E-state index contributed by atoms with van der Waals surface area (Å²) in [6.07, 6.45) is 0. The van der Waals surface area contributed by atoms with E-state index in [0.29, 0.717) is 6.61 Å². The van der Waals surface area contributed by atoms with E-state index in [-0.39, 0.29) is 17.8 Å². The number of aliphatic carboxylic acids is 1. The third-order valence-electron chi connectivity index (χ3n) is 3.16. The normalized spacial score (nSPS) is 32.4. The number of benzene rings is 1. The molecule has 14 heavy (non-hydrogen) atoms. The maximum absolute atomic E-state index is 10.9. The fraction of sp³-hybridized carbons (Fsp3) is 0.364. The van der Waals surface area contributed by atoms with E-state index in [4.69, 9.17) is 9.84 Å². The smallest absolute Gasteiger partial charge is 0.307 e. The van der Waals surface area contributed by atoms with Crippen LogP contribution in [0.25, 0.3) is 0 Å². The number of hydrogen-bond donors (Lipinski definition) is 1. The van der Waals surface area contributed by atoms with Gasteiger partial charge in [-0.1, -0.05) is 18.2 Å². The van der Waals surface area contributed by atoms with Crippen LogP contribution in [-0.2, 0) is 4.79 Å². The highest BCUT2D eigenvalue weighted by molar-refractivity contribution is 5.77. The molecule has 2 unspecified atom stereocenters. The minimum Gasteiger partial charge on any atom is -0.493 e. The molecule has 0 bridgehead atoms. The zero-order valence-corrected chi connectivity index (χ0v) is 7.51. The number of hydrogen-bond acceptors (Lipinski definition) is 2. The molecule has 0 amide bonds. The van der Waals surface area contributed by atoms with Crippen molar-refractivity contribution in [2.75, 3.05) is 6.61 Å². The highest BCUT2D eigenvalue weighted by Crippen LogP contribution is 2.58. The van der Waals surface area contributed by atoms with Crippen molar-refractivity contribution < 1.29 is 14.6 Å². The quantitative estimate of drug-likeness (QED) is 0.729. The molecule has 3 atom stereocenters. The Morgan fingerprint density at radius 3 is 3.00 bits per heavy atom. The van der Waals surface area contributed by atoms with Crippen LogP contribution in [0.5, 0.6) is 5.75 Å². The molecular formula is C11H10O3. The van der Waals surface area contributed by atoms with Crippen LogP contribution in [0.2, 0.25) is 0 Å². The zero-order valence-electron chi connectivity index (χ0n) is 7.51. The van der Waals surface area contributed by atoms with E-state index < -0.39 is 5.97 Å². The van der Waals surface area contributed by atoms with Gasteiger partial charge in [0.25, 0.3) is 0 Å². The van der Waals surface area contributed by atoms with Crippen LogP contribution in [0, 0.1) is 11.8 Å². The molecule has 3 heteroatoms. The number of carboxylic acids is 1. The van der Waals surface area contributed by atoms with E-state index in [9.17, 15) is 4.79 Å². The summed E-state index contributed by atoms with van der Waals surface area (Å²) in [5, 5.41) is 8.95. The summed E-state index contributed by atoms with van der Waals surface area (Å²) in [5.41, 5.74) is 1.07. The summed E-state index contributed by atoms with van der Waals surface area (Å²) in [6, 6.07) is 7.72. The minimum absolute atomic E-state index is 0.192. The van der Waals surface area contributed by atoms with Crippen molar-refractivity contribution in [1.82, 2.24) is 0 Å². The molecule has 1 heterocycles. The van der Waals surface area contributed by atoms with Gasteiger partial charge in [-0.2, -0.15) is 0 Å². The first-order chi connectivity index (χ1) is 6.79. The first kappa shape index (κ1) is 7.85. The summed E-state index contributed by atoms with van der Waals surface area (Å²) >= 11 is 0. The second-order valence-electron chi connectivity index (χ2n) is 3.90. The number of para-hydroxylation sites is 1. The monoisotopic (exact) mass is 190 g/mol. The highest BCUT2D eigenvalue weighted by Gasteiger charge is 2.58. The van der Waals surface area contributed by atoms with Crippen LogP contribution in [0.3, 0.4) is 0 Å². The molecule has 2 aliphatic rings. The van der Waals surface area contributed by atoms with E-state index in [2.05, 4.69) is 0 Å². The molecule has 0 spiro atoms. The lowest BCUT2D eigenvalue weighted by atomic mass is 10.1. The summed E-state index contributed by atoms with van der Waals surface area (Å²) in [6.45, 7) is 0.554. The van der Waals surface area contributed by atoms with Crippen LogP contribution < -0.4 is 4.74 Å². The molecule has 1 N–H and O–H groups in total. The van der Waals surface area contributed by atoms with Gasteiger partial charge in [-0.05, 0) is 11.6 Å². The van der Waals surface area contributed by atoms with Crippen molar-refractivity contribution in [3.8, 4) is 5.75 Å². The largest absolute Gasteiger partial charge is 0.493 e. The fourth-order valence-electron chi connectivity index (χ4n) is 2.42. The number of fused-ring (bicyclic) bond motifs is 3. The maximum Gasteiger partial charge on any atom is 0.307 e. The second-order valence-corrected chi connectivity index (χ2v) is 3.90. The topological polar surface area (TPSA) is 46.5 Å². The summed E-state index contributed by atoms with van der Waals surface area (Å²) in [5.74, 6) is 0.330. The molecule has 1 aromatic carbocycles. The highest BCUT2D eigenvalue weighted by atomic mass is 16.5. The Balaban J connectivity index is 2.00. The van der Waals surface area contributed by atoms with E-state index in [1.54, 1.807) is 0 Å². The minimum atomic E-state index is -0.694. The molecule has 3 rings (SSSR count). The summed E-state index contributed by atoms with van der Waals surface area (Å²) in [7, 11) is 0. The molecule has 1 aliphatic heterocycles. The van der Waals surface area contributed by atoms with Gasteiger partial charge in [0.05, 0.1) is 12.5 Å². The Morgan fingerprint density at radius 1 is 1.43 bits per heavy atom. The predicted octanol–water partition coefficient (Wildman–Crippen LogP) is 1.49. The molecular weight excluding hydrogens is 180 g/mol. The van der Waals surface area contributed by atoms with Crippen molar-refractivity contribution >= 4 is 5.97 Å². The van der Waals surface area contributed by atoms with Gasteiger partial charge in [0.15, 0.2) is 0 Å². The molecule has 0 radical (unpaired) electrons. The van der Waals surface area contributed by atoms with Crippen molar-refractivity contribution in [2.24, 2.45) is 11.8 Å². The Labute approximate surface area is 81.3 Å². The van der Waals surface area contributed by atoms with Crippen molar-refractivity contribution in [2.45, 2.75) is 5.92 Å². The Bertz CT molecular complexity index is 399. The molecule has 1 aromatic rings. The summed E-state index contributed by atoms with van der Waals surface area (Å²) in [4.78, 5) is 10.9. The molecule has 3 nitrogen and oxygen atoms in total. The predicted molar refractivity (Wildman–Crippen MR) is 49.3 cm³/mol. The lowest BCUT2D eigenvalue weighted by Crippen LogP contribution is -2.08. The van der Waals surface area contributed by atoms with E-state index in [0.717, 1.165) is 11.3 Å². The second kappa shape index (κ2) is 2.50. The van der Waals surface area contributed by atoms with Crippen LogP contribution in [0.4, 0.5) is 0 Å². The number of carbonyl (C=O) groups is 1.